The molecule has 1 amide bonds. The Morgan fingerprint density at radius 1 is 1.73 bits per heavy atom. The molecule has 0 atom stereocenters. The van der Waals surface area contributed by atoms with Crippen molar-refractivity contribution < 1.29 is 4.79 Å². The molecular weight excluding hydrogens is 208 g/mol. The van der Waals surface area contributed by atoms with Gasteiger partial charge in [0.2, 0.25) is 5.91 Å². The van der Waals surface area contributed by atoms with Crippen molar-refractivity contribution in [1.29, 1.82) is 0 Å². The lowest BCUT2D eigenvalue weighted by molar-refractivity contribution is -0.121. The van der Waals surface area contributed by atoms with E-state index in [0.717, 1.165) is 6.54 Å². The zero-order valence-electron chi connectivity index (χ0n) is 8.69. The molecule has 0 aliphatic heterocycles. The molecule has 0 bridgehead atoms. The van der Waals surface area contributed by atoms with Crippen LogP contribution in [0.2, 0.25) is 0 Å². The third kappa shape index (κ3) is 4.63. The smallest absolute Gasteiger partial charge is 0.234 e. The summed E-state index contributed by atoms with van der Waals surface area (Å²) in [5, 5.41) is 4.66. The van der Waals surface area contributed by atoms with E-state index in [2.05, 4.69) is 17.3 Å². The number of likely N-dealkylation sites (N-methyl/N-ethyl adjacent to an activating group) is 1. The lowest BCUT2D eigenvalue weighted by Crippen LogP contribution is -2.34. The number of thiophene rings is 1. The quantitative estimate of drug-likeness (QED) is 0.752. The van der Waals surface area contributed by atoms with E-state index in [1.54, 1.807) is 11.3 Å². The van der Waals surface area contributed by atoms with Gasteiger partial charge in [-0.1, -0.05) is 12.0 Å². The highest BCUT2D eigenvalue weighted by molar-refractivity contribution is 7.09. The van der Waals surface area contributed by atoms with Crippen LogP contribution in [-0.4, -0.2) is 30.9 Å². The van der Waals surface area contributed by atoms with E-state index in [-0.39, 0.29) is 5.91 Å². The zero-order chi connectivity index (χ0) is 11.1. The molecule has 0 aliphatic rings. The van der Waals surface area contributed by atoms with Crippen molar-refractivity contribution in [1.82, 2.24) is 10.2 Å². The van der Waals surface area contributed by atoms with E-state index in [1.165, 1.54) is 4.88 Å². The number of rotatable bonds is 5. The summed E-state index contributed by atoms with van der Waals surface area (Å²) in [5.74, 6) is 2.33. The van der Waals surface area contributed by atoms with Crippen molar-refractivity contribution in [2.45, 2.75) is 6.54 Å². The molecule has 0 saturated heterocycles. The molecule has 0 saturated carbocycles. The van der Waals surface area contributed by atoms with Gasteiger partial charge in [-0.15, -0.1) is 17.8 Å². The van der Waals surface area contributed by atoms with Crippen molar-refractivity contribution in [3.63, 3.8) is 0 Å². The first-order chi connectivity index (χ1) is 7.22. The highest BCUT2D eigenvalue weighted by Gasteiger charge is 2.06. The minimum absolute atomic E-state index is 0.0352. The molecule has 1 heterocycles. The number of carbonyl (C=O) groups is 1. The second kappa shape index (κ2) is 6.23. The molecule has 15 heavy (non-hydrogen) atoms. The molecule has 0 aromatic carbocycles. The summed E-state index contributed by atoms with van der Waals surface area (Å²) in [5.41, 5.74) is 0. The highest BCUT2D eigenvalue weighted by atomic mass is 32.1. The van der Waals surface area contributed by atoms with Crippen LogP contribution in [0, 0.1) is 12.3 Å². The fourth-order valence-electron chi connectivity index (χ4n) is 1.18. The first-order valence-electron chi connectivity index (χ1n) is 4.63. The highest BCUT2D eigenvalue weighted by Crippen LogP contribution is 2.10. The maximum Gasteiger partial charge on any atom is 0.234 e. The average Bonchev–Trinajstić information content (AvgIpc) is 2.67. The van der Waals surface area contributed by atoms with Crippen LogP contribution in [-0.2, 0) is 11.3 Å². The van der Waals surface area contributed by atoms with Crippen LogP contribution in [0.3, 0.4) is 0 Å². The summed E-state index contributed by atoms with van der Waals surface area (Å²) in [6.45, 7) is 1.46. The molecule has 1 aromatic heterocycles. The standard InChI is InChI=1S/C11H14N2OS/c1-3-6-12-11(14)9-13(2)8-10-5-4-7-15-10/h1,4-5,7H,6,8-9H2,2H3,(H,12,14). The number of hydrogen-bond acceptors (Lipinski definition) is 3. The van der Waals surface area contributed by atoms with Crippen LogP contribution in [0.5, 0.6) is 0 Å². The Labute approximate surface area is 94.1 Å². The zero-order valence-corrected chi connectivity index (χ0v) is 9.51. The van der Waals surface area contributed by atoms with E-state index < -0.39 is 0 Å². The number of terminal acetylenes is 1. The van der Waals surface area contributed by atoms with Gasteiger partial charge in [-0.25, -0.2) is 0 Å². The van der Waals surface area contributed by atoms with E-state index in [1.807, 2.05) is 23.4 Å². The lowest BCUT2D eigenvalue weighted by Gasteiger charge is -2.14. The van der Waals surface area contributed by atoms with Crippen molar-refractivity contribution >= 4 is 17.2 Å². The number of hydrogen-bond donors (Lipinski definition) is 1. The summed E-state index contributed by atoms with van der Waals surface area (Å²) in [7, 11) is 1.91. The average molecular weight is 222 g/mol. The molecule has 0 fully saturated rings. The molecule has 0 aliphatic carbocycles. The molecule has 1 aromatic rings. The van der Waals surface area contributed by atoms with Gasteiger partial charge >= 0.3 is 0 Å². The van der Waals surface area contributed by atoms with Gasteiger partial charge in [-0.2, -0.15) is 0 Å². The lowest BCUT2D eigenvalue weighted by atomic mass is 10.4. The van der Waals surface area contributed by atoms with E-state index in [4.69, 9.17) is 6.42 Å². The Hall–Kier alpha value is -1.31. The first kappa shape index (κ1) is 11.8. The predicted octanol–water partition coefficient (Wildman–Crippen LogP) is 0.929. The van der Waals surface area contributed by atoms with Gasteiger partial charge in [-0.3, -0.25) is 9.69 Å². The van der Waals surface area contributed by atoms with Gasteiger partial charge in [-0.05, 0) is 18.5 Å². The summed E-state index contributed by atoms with van der Waals surface area (Å²) < 4.78 is 0. The molecule has 1 rings (SSSR count). The third-order valence-corrected chi connectivity index (χ3v) is 2.67. The van der Waals surface area contributed by atoms with Crippen LogP contribution in [0.25, 0.3) is 0 Å². The van der Waals surface area contributed by atoms with E-state index >= 15 is 0 Å². The van der Waals surface area contributed by atoms with Crippen molar-refractivity contribution in [2.24, 2.45) is 0 Å². The monoisotopic (exact) mass is 222 g/mol. The minimum Gasteiger partial charge on any atom is -0.344 e. The van der Waals surface area contributed by atoms with Crippen molar-refractivity contribution in [3.8, 4) is 12.3 Å². The number of nitrogens with zero attached hydrogens (tertiary/aromatic N) is 1. The number of carbonyl (C=O) groups excluding carboxylic acids is 1. The van der Waals surface area contributed by atoms with Crippen LogP contribution in [0.15, 0.2) is 17.5 Å². The SMILES string of the molecule is C#CCNC(=O)CN(C)Cc1cccs1. The van der Waals surface area contributed by atoms with Gasteiger partial charge in [0, 0.05) is 11.4 Å². The Kier molecular flexibility index (Phi) is 4.88. The molecule has 3 nitrogen and oxygen atoms in total. The topological polar surface area (TPSA) is 32.3 Å². The third-order valence-electron chi connectivity index (χ3n) is 1.81. The predicted molar refractivity (Wildman–Crippen MR) is 62.5 cm³/mol. The normalized spacial score (nSPS) is 9.93. The summed E-state index contributed by atoms with van der Waals surface area (Å²) in [6, 6.07) is 4.06. The van der Waals surface area contributed by atoms with Crippen LogP contribution >= 0.6 is 11.3 Å². The molecule has 0 unspecified atom stereocenters. The molecule has 4 heteroatoms. The second-order valence-electron chi connectivity index (χ2n) is 3.23. The molecule has 0 spiro atoms. The van der Waals surface area contributed by atoms with Gasteiger partial charge < -0.3 is 5.32 Å². The number of nitrogens with one attached hydrogen (secondary N) is 1. The molecule has 80 valence electrons. The molecule has 0 radical (unpaired) electrons. The Bertz CT molecular complexity index is 340. The fourth-order valence-corrected chi connectivity index (χ4v) is 1.96. The molecular formula is C11H14N2OS. The van der Waals surface area contributed by atoms with Crippen molar-refractivity contribution in [2.75, 3.05) is 20.1 Å². The first-order valence-corrected chi connectivity index (χ1v) is 5.51. The van der Waals surface area contributed by atoms with Crippen molar-refractivity contribution in [3.05, 3.63) is 22.4 Å². The van der Waals surface area contributed by atoms with Gasteiger partial charge in [0.05, 0.1) is 13.1 Å². The maximum atomic E-state index is 11.3. The van der Waals surface area contributed by atoms with Gasteiger partial charge in [0.25, 0.3) is 0 Å². The van der Waals surface area contributed by atoms with E-state index in [9.17, 15) is 4.79 Å². The van der Waals surface area contributed by atoms with Gasteiger partial charge in [0.1, 0.15) is 0 Å². The largest absolute Gasteiger partial charge is 0.344 e. The Morgan fingerprint density at radius 3 is 3.13 bits per heavy atom. The Balaban J connectivity index is 2.27. The minimum atomic E-state index is -0.0352. The van der Waals surface area contributed by atoms with Crippen LogP contribution < -0.4 is 5.32 Å². The van der Waals surface area contributed by atoms with Crippen LogP contribution in [0.1, 0.15) is 4.88 Å². The second-order valence-corrected chi connectivity index (χ2v) is 4.26. The maximum absolute atomic E-state index is 11.3. The van der Waals surface area contributed by atoms with Crippen LogP contribution in [0.4, 0.5) is 0 Å². The van der Waals surface area contributed by atoms with E-state index in [0.29, 0.717) is 13.1 Å². The van der Waals surface area contributed by atoms with Gasteiger partial charge in [0.15, 0.2) is 0 Å². The fraction of sp³-hybridized carbons (Fsp3) is 0.364. The summed E-state index contributed by atoms with van der Waals surface area (Å²) >= 11 is 1.69. The summed E-state index contributed by atoms with van der Waals surface area (Å²) in [6.07, 6.45) is 5.04. The summed E-state index contributed by atoms with van der Waals surface area (Å²) in [4.78, 5) is 14.5. The Morgan fingerprint density at radius 2 is 2.53 bits per heavy atom. The number of amides is 1. The molecule has 1 N–H and O–H groups in total.